The van der Waals surface area contributed by atoms with Crippen LogP contribution in [0.4, 0.5) is 0 Å². The van der Waals surface area contributed by atoms with E-state index < -0.39 is 0 Å². The van der Waals surface area contributed by atoms with Gasteiger partial charge in [-0.1, -0.05) is 23.8 Å². The molecule has 3 rings (SSSR count). The number of nitrogens with one attached hydrogen (secondary N) is 2. The summed E-state index contributed by atoms with van der Waals surface area (Å²) in [6.45, 7) is 1.71. The summed E-state index contributed by atoms with van der Waals surface area (Å²) in [6, 6.07) is 4.28. The van der Waals surface area contributed by atoms with Crippen molar-refractivity contribution in [3.05, 3.63) is 34.9 Å². The second-order valence-electron chi connectivity index (χ2n) is 5.31. The van der Waals surface area contributed by atoms with Gasteiger partial charge >= 0.3 is 0 Å². The van der Waals surface area contributed by atoms with Crippen LogP contribution in [0.25, 0.3) is 0 Å². The number of halogens is 2. The van der Waals surface area contributed by atoms with Crippen LogP contribution in [-0.2, 0) is 6.54 Å². The minimum Gasteiger partial charge on any atom is -0.486 e. The van der Waals surface area contributed by atoms with E-state index in [2.05, 4.69) is 27.8 Å². The van der Waals surface area contributed by atoms with E-state index in [-0.39, 0.29) is 24.0 Å². The average molecular weight is 450 g/mol. The van der Waals surface area contributed by atoms with E-state index >= 15 is 0 Å². The fraction of sp³-hybridized carbons (Fsp3) is 0.438. The van der Waals surface area contributed by atoms with Gasteiger partial charge in [-0.2, -0.15) is 0 Å². The van der Waals surface area contributed by atoms with Crippen LogP contribution < -0.4 is 20.1 Å². The lowest BCUT2D eigenvalue weighted by Gasteiger charge is -2.21. The predicted octanol–water partition coefficient (Wildman–Crippen LogP) is 3.11. The first-order chi connectivity index (χ1) is 10.8. The third kappa shape index (κ3) is 4.67. The van der Waals surface area contributed by atoms with Crippen molar-refractivity contribution in [2.75, 3.05) is 20.3 Å². The highest BCUT2D eigenvalue weighted by atomic mass is 127. The Morgan fingerprint density at radius 1 is 1.26 bits per heavy atom. The van der Waals surface area contributed by atoms with Crippen LogP contribution in [0.1, 0.15) is 18.4 Å². The zero-order valence-electron chi connectivity index (χ0n) is 13.0. The van der Waals surface area contributed by atoms with E-state index in [0.29, 0.717) is 42.3 Å². The maximum atomic E-state index is 6.25. The Hall–Kier alpha value is -1.15. The van der Waals surface area contributed by atoms with E-state index in [9.17, 15) is 0 Å². The Labute approximate surface area is 158 Å². The molecular formula is C16H21ClIN3O2. The zero-order valence-corrected chi connectivity index (χ0v) is 16.1. The number of fused-ring (bicyclic) bond motifs is 1. The second kappa shape index (κ2) is 8.63. The first-order valence-corrected chi connectivity index (χ1v) is 7.84. The summed E-state index contributed by atoms with van der Waals surface area (Å²) in [5.74, 6) is 2.13. The van der Waals surface area contributed by atoms with Gasteiger partial charge in [0.2, 0.25) is 0 Å². The molecule has 126 valence electrons. The van der Waals surface area contributed by atoms with Gasteiger partial charge in [0.25, 0.3) is 0 Å². The number of ether oxygens (including phenoxy) is 2. The maximum absolute atomic E-state index is 6.25. The van der Waals surface area contributed by atoms with Gasteiger partial charge in [0.05, 0.1) is 5.02 Å². The van der Waals surface area contributed by atoms with Crippen LogP contribution in [0, 0.1) is 0 Å². The van der Waals surface area contributed by atoms with Crippen molar-refractivity contribution >= 4 is 41.5 Å². The molecule has 2 N–H and O–H groups in total. The second-order valence-corrected chi connectivity index (χ2v) is 5.72. The maximum Gasteiger partial charge on any atom is 0.191 e. The Kier molecular flexibility index (Phi) is 6.83. The summed E-state index contributed by atoms with van der Waals surface area (Å²) in [5.41, 5.74) is 1.03. The molecule has 0 spiro atoms. The molecule has 0 unspecified atom stereocenters. The summed E-state index contributed by atoms with van der Waals surface area (Å²) in [7, 11) is 1.77. The molecule has 1 aliphatic carbocycles. The van der Waals surface area contributed by atoms with Crippen LogP contribution >= 0.6 is 35.6 Å². The lowest BCUT2D eigenvalue weighted by molar-refractivity contribution is 0.171. The van der Waals surface area contributed by atoms with Gasteiger partial charge in [-0.3, -0.25) is 4.99 Å². The molecule has 0 saturated heterocycles. The Morgan fingerprint density at radius 3 is 2.74 bits per heavy atom. The summed E-state index contributed by atoms with van der Waals surface area (Å²) in [4.78, 5) is 4.25. The molecule has 0 atom stereocenters. The minimum absolute atomic E-state index is 0. The SMILES string of the molecule is CN=C(NCc1cc(Cl)c2c(c1)OCCO2)NC1CC=CC1.I. The van der Waals surface area contributed by atoms with Gasteiger partial charge in [0.15, 0.2) is 17.5 Å². The fourth-order valence-electron chi connectivity index (χ4n) is 2.58. The Balaban J connectivity index is 0.00000192. The number of hydrogen-bond donors (Lipinski definition) is 2. The van der Waals surface area contributed by atoms with Crippen molar-refractivity contribution in [2.45, 2.75) is 25.4 Å². The van der Waals surface area contributed by atoms with Crippen molar-refractivity contribution in [3.8, 4) is 11.5 Å². The number of benzene rings is 1. The highest BCUT2D eigenvalue weighted by Gasteiger charge is 2.17. The van der Waals surface area contributed by atoms with Crippen molar-refractivity contribution < 1.29 is 9.47 Å². The van der Waals surface area contributed by atoms with E-state index in [0.717, 1.165) is 24.4 Å². The lowest BCUT2D eigenvalue weighted by Crippen LogP contribution is -2.42. The fourth-order valence-corrected chi connectivity index (χ4v) is 2.86. The predicted molar refractivity (Wildman–Crippen MR) is 103 cm³/mol. The molecule has 1 aliphatic heterocycles. The number of rotatable bonds is 3. The molecule has 2 aliphatic rings. The highest BCUT2D eigenvalue weighted by molar-refractivity contribution is 14.0. The van der Waals surface area contributed by atoms with Crippen LogP contribution in [0.5, 0.6) is 11.5 Å². The quantitative estimate of drug-likeness (QED) is 0.322. The average Bonchev–Trinajstić information content (AvgIpc) is 3.04. The molecule has 7 heteroatoms. The first kappa shape index (κ1) is 18.2. The summed E-state index contributed by atoms with van der Waals surface area (Å²) in [5, 5.41) is 7.28. The Bertz CT molecular complexity index is 599. The molecular weight excluding hydrogens is 429 g/mol. The standard InChI is InChI=1S/C16H20ClN3O2.HI/c1-18-16(20-12-4-2-3-5-12)19-10-11-8-13(17)15-14(9-11)21-6-7-22-15;/h2-3,8-9,12H,4-7,10H2,1H3,(H2,18,19,20);1H. The molecule has 0 saturated carbocycles. The van der Waals surface area contributed by atoms with Gasteiger partial charge < -0.3 is 20.1 Å². The summed E-state index contributed by atoms with van der Waals surface area (Å²) in [6.07, 6.45) is 6.45. The third-order valence-corrected chi connectivity index (χ3v) is 3.97. The van der Waals surface area contributed by atoms with E-state index in [1.54, 1.807) is 7.05 Å². The van der Waals surface area contributed by atoms with E-state index in [1.807, 2.05) is 12.1 Å². The lowest BCUT2D eigenvalue weighted by atomic mass is 10.2. The molecule has 0 bridgehead atoms. The van der Waals surface area contributed by atoms with Gasteiger partial charge in [-0.25, -0.2) is 0 Å². The first-order valence-electron chi connectivity index (χ1n) is 7.46. The van der Waals surface area contributed by atoms with Gasteiger partial charge in [0.1, 0.15) is 13.2 Å². The molecule has 0 amide bonds. The Morgan fingerprint density at radius 2 is 2.00 bits per heavy atom. The topological polar surface area (TPSA) is 54.9 Å². The van der Waals surface area contributed by atoms with Crippen molar-refractivity contribution in [1.29, 1.82) is 0 Å². The highest BCUT2D eigenvalue weighted by Crippen LogP contribution is 2.38. The largest absolute Gasteiger partial charge is 0.486 e. The number of guanidine groups is 1. The van der Waals surface area contributed by atoms with E-state index in [4.69, 9.17) is 21.1 Å². The molecule has 0 radical (unpaired) electrons. The zero-order chi connectivity index (χ0) is 15.4. The van der Waals surface area contributed by atoms with Crippen LogP contribution in [0.3, 0.4) is 0 Å². The minimum atomic E-state index is 0. The number of hydrogen-bond acceptors (Lipinski definition) is 3. The smallest absolute Gasteiger partial charge is 0.191 e. The molecule has 1 aromatic carbocycles. The van der Waals surface area contributed by atoms with Crippen LogP contribution in [-0.4, -0.2) is 32.3 Å². The summed E-state index contributed by atoms with van der Waals surface area (Å²) >= 11 is 6.25. The van der Waals surface area contributed by atoms with Gasteiger partial charge in [-0.05, 0) is 30.5 Å². The number of nitrogens with zero attached hydrogens (tertiary/aromatic N) is 1. The molecule has 23 heavy (non-hydrogen) atoms. The normalized spacial score (nSPS) is 16.9. The van der Waals surface area contributed by atoms with Crippen molar-refractivity contribution in [1.82, 2.24) is 10.6 Å². The van der Waals surface area contributed by atoms with Crippen molar-refractivity contribution in [3.63, 3.8) is 0 Å². The van der Waals surface area contributed by atoms with Gasteiger partial charge in [0, 0.05) is 19.6 Å². The molecule has 0 fully saturated rings. The molecule has 5 nitrogen and oxygen atoms in total. The third-order valence-electron chi connectivity index (χ3n) is 3.69. The van der Waals surface area contributed by atoms with E-state index in [1.165, 1.54) is 0 Å². The molecule has 1 aromatic rings. The van der Waals surface area contributed by atoms with Crippen molar-refractivity contribution in [2.24, 2.45) is 4.99 Å². The molecule has 0 aromatic heterocycles. The number of aliphatic imine (C=N–C) groups is 1. The molecule has 1 heterocycles. The monoisotopic (exact) mass is 449 g/mol. The van der Waals surface area contributed by atoms with Gasteiger partial charge in [-0.15, -0.1) is 24.0 Å². The summed E-state index contributed by atoms with van der Waals surface area (Å²) < 4.78 is 11.1. The van der Waals surface area contributed by atoms with Crippen LogP contribution in [0.2, 0.25) is 5.02 Å². The van der Waals surface area contributed by atoms with Crippen LogP contribution in [0.15, 0.2) is 29.3 Å².